The summed E-state index contributed by atoms with van der Waals surface area (Å²) in [6, 6.07) is 12.9. The van der Waals surface area contributed by atoms with Crippen molar-refractivity contribution < 1.29 is 9.47 Å². The van der Waals surface area contributed by atoms with Crippen LogP contribution in [0.4, 0.5) is 0 Å². The Morgan fingerprint density at radius 3 is 2.71 bits per heavy atom. The van der Waals surface area contributed by atoms with E-state index in [4.69, 9.17) is 9.47 Å². The minimum absolute atomic E-state index is 0.0586. The van der Waals surface area contributed by atoms with Crippen molar-refractivity contribution in [3.05, 3.63) is 46.4 Å². The van der Waals surface area contributed by atoms with Crippen LogP contribution in [0.1, 0.15) is 18.5 Å². The van der Waals surface area contributed by atoms with E-state index in [9.17, 15) is 0 Å². The van der Waals surface area contributed by atoms with E-state index in [0.717, 1.165) is 11.0 Å². The average molecular weight is 350 g/mol. The highest BCUT2D eigenvalue weighted by atomic mass is 79.9. The maximum atomic E-state index is 5.93. The van der Waals surface area contributed by atoms with Crippen molar-refractivity contribution in [3.8, 4) is 0 Å². The SMILES string of the molecule is CCNC(c1ccc(Br)c2ccccc12)C1COCCO1. The average Bonchev–Trinajstić information content (AvgIpc) is 2.55. The molecule has 0 amide bonds. The van der Waals surface area contributed by atoms with Gasteiger partial charge in [0.1, 0.15) is 6.10 Å². The number of likely N-dealkylation sites (N-methyl/N-ethyl adjacent to an activating group) is 1. The van der Waals surface area contributed by atoms with E-state index >= 15 is 0 Å². The largest absolute Gasteiger partial charge is 0.376 e. The molecular weight excluding hydrogens is 330 g/mol. The number of hydrogen-bond donors (Lipinski definition) is 1. The molecule has 3 nitrogen and oxygen atoms in total. The van der Waals surface area contributed by atoms with Crippen LogP contribution < -0.4 is 5.32 Å². The zero-order valence-corrected chi connectivity index (χ0v) is 13.7. The van der Waals surface area contributed by atoms with Crippen molar-refractivity contribution >= 4 is 26.7 Å². The van der Waals surface area contributed by atoms with Crippen molar-refractivity contribution in [2.45, 2.75) is 19.1 Å². The predicted molar refractivity (Wildman–Crippen MR) is 88.6 cm³/mol. The normalized spacial score (nSPS) is 20.6. The van der Waals surface area contributed by atoms with Crippen molar-refractivity contribution in [1.29, 1.82) is 0 Å². The van der Waals surface area contributed by atoms with E-state index in [0.29, 0.717) is 19.8 Å². The first-order valence-corrected chi connectivity index (χ1v) is 8.20. The molecule has 0 aromatic heterocycles. The summed E-state index contributed by atoms with van der Waals surface area (Å²) >= 11 is 3.64. The fraction of sp³-hybridized carbons (Fsp3) is 0.412. The predicted octanol–water partition coefficient (Wildman–Crippen LogP) is 3.67. The van der Waals surface area contributed by atoms with Gasteiger partial charge in [0, 0.05) is 4.47 Å². The first kappa shape index (κ1) is 15.0. The van der Waals surface area contributed by atoms with Gasteiger partial charge in [0.15, 0.2) is 0 Å². The van der Waals surface area contributed by atoms with Crippen LogP contribution in [-0.2, 0) is 9.47 Å². The third-order valence-electron chi connectivity index (χ3n) is 3.88. The number of ether oxygens (including phenoxy) is 2. The molecule has 4 heteroatoms. The van der Waals surface area contributed by atoms with Crippen LogP contribution in [0.25, 0.3) is 10.8 Å². The summed E-state index contributed by atoms with van der Waals surface area (Å²) in [5.74, 6) is 0. The first-order valence-electron chi connectivity index (χ1n) is 7.41. The van der Waals surface area contributed by atoms with E-state index in [1.165, 1.54) is 16.3 Å². The topological polar surface area (TPSA) is 30.5 Å². The lowest BCUT2D eigenvalue weighted by molar-refractivity contribution is -0.102. The highest BCUT2D eigenvalue weighted by molar-refractivity contribution is 9.10. The van der Waals surface area contributed by atoms with Crippen molar-refractivity contribution in [1.82, 2.24) is 5.32 Å². The molecule has 2 unspecified atom stereocenters. The third kappa shape index (κ3) is 3.14. The van der Waals surface area contributed by atoms with Crippen LogP contribution in [0.5, 0.6) is 0 Å². The van der Waals surface area contributed by atoms with Crippen LogP contribution >= 0.6 is 15.9 Å². The van der Waals surface area contributed by atoms with E-state index in [1.54, 1.807) is 0 Å². The molecule has 0 spiro atoms. The quantitative estimate of drug-likeness (QED) is 0.913. The summed E-state index contributed by atoms with van der Waals surface area (Å²) in [4.78, 5) is 0. The van der Waals surface area contributed by atoms with Gasteiger partial charge in [-0.15, -0.1) is 0 Å². The summed E-state index contributed by atoms with van der Waals surface area (Å²) in [6.07, 6.45) is 0.0586. The molecule has 1 N–H and O–H groups in total. The van der Waals surface area contributed by atoms with Crippen LogP contribution in [0.3, 0.4) is 0 Å². The maximum absolute atomic E-state index is 5.93. The molecule has 112 valence electrons. The number of benzene rings is 2. The Morgan fingerprint density at radius 1 is 1.19 bits per heavy atom. The van der Waals surface area contributed by atoms with Gasteiger partial charge in [0.25, 0.3) is 0 Å². The standard InChI is InChI=1S/C17H20BrNO2/c1-2-19-17(16-11-20-9-10-21-16)14-7-8-15(18)13-6-4-3-5-12(13)14/h3-8,16-17,19H,2,9-11H2,1H3. The fourth-order valence-electron chi connectivity index (χ4n) is 2.92. The molecule has 21 heavy (non-hydrogen) atoms. The number of halogens is 1. The zero-order chi connectivity index (χ0) is 14.7. The Labute approximate surface area is 133 Å². The van der Waals surface area contributed by atoms with E-state index < -0.39 is 0 Å². The molecule has 1 heterocycles. The summed E-state index contributed by atoms with van der Waals surface area (Å²) in [6.45, 7) is 5.02. The van der Waals surface area contributed by atoms with Gasteiger partial charge in [-0.1, -0.05) is 53.2 Å². The molecule has 0 bridgehead atoms. The van der Waals surface area contributed by atoms with Gasteiger partial charge in [-0.05, 0) is 28.9 Å². The molecular formula is C17H20BrNO2. The Hall–Kier alpha value is -0.940. The van der Waals surface area contributed by atoms with Crippen LogP contribution in [0.15, 0.2) is 40.9 Å². The fourth-order valence-corrected chi connectivity index (χ4v) is 3.39. The second-order valence-corrected chi connectivity index (χ2v) is 6.06. The van der Waals surface area contributed by atoms with Gasteiger partial charge < -0.3 is 14.8 Å². The van der Waals surface area contributed by atoms with Gasteiger partial charge in [-0.3, -0.25) is 0 Å². The Balaban J connectivity index is 2.04. The molecule has 1 fully saturated rings. The number of nitrogens with one attached hydrogen (secondary N) is 1. The Morgan fingerprint density at radius 2 is 2.00 bits per heavy atom. The monoisotopic (exact) mass is 349 g/mol. The smallest absolute Gasteiger partial charge is 0.100 e. The van der Waals surface area contributed by atoms with Gasteiger partial charge in [0.05, 0.1) is 25.9 Å². The molecule has 1 aliphatic rings. The highest BCUT2D eigenvalue weighted by Crippen LogP contribution is 2.32. The molecule has 0 saturated carbocycles. The zero-order valence-electron chi connectivity index (χ0n) is 12.1. The van der Waals surface area contributed by atoms with E-state index in [-0.39, 0.29) is 12.1 Å². The lowest BCUT2D eigenvalue weighted by Gasteiger charge is -2.32. The molecule has 2 atom stereocenters. The van der Waals surface area contributed by atoms with Gasteiger partial charge >= 0.3 is 0 Å². The molecule has 0 radical (unpaired) electrons. The summed E-state index contributed by atoms with van der Waals surface area (Å²) in [7, 11) is 0. The van der Waals surface area contributed by atoms with Gasteiger partial charge in [0.2, 0.25) is 0 Å². The number of fused-ring (bicyclic) bond motifs is 1. The Bertz CT molecular complexity index is 611. The second-order valence-electron chi connectivity index (χ2n) is 5.20. The molecule has 2 aromatic rings. The van der Waals surface area contributed by atoms with Crippen molar-refractivity contribution in [2.75, 3.05) is 26.4 Å². The molecule has 1 aliphatic heterocycles. The summed E-state index contributed by atoms with van der Waals surface area (Å²) in [5, 5.41) is 6.05. The van der Waals surface area contributed by atoms with Crippen LogP contribution in [0, 0.1) is 0 Å². The lowest BCUT2D eigenvalue weighted by Crippen LogP contribution is -2.40. The molecule has 0 aliphatic carbocycles. The molecule has 3 rings (SSSR count). The molecule has 2 aromatic carbocycles. The van der Waals surface area contributed by atoms with Crippen LogP contribution in [-0.4, -0.2) is 32.5 Å². The summed E-state index contributed by atoms with van der Waals surface area (Å²) in [5.41, 5.74) is 1.27. The van der Waals surface area contributed by atoms with Crippen LogP contribution in [0.2, 0.25) is 0 Å². The van der Waals surface area contributed by atoms with Gasteiger partial charge in [-0.2, -0.15) is 0 Å². The van der Waals surface area contributed by atoms with Gasteiger partial charge in [-0.25, -0.2) is 0 Å². The maximum Gasteiger partial charge on any atom is 0.100 e. The first-order chi connectivity index (χ1) is 10.3. The van der Waals surface area contributed by atoms with Crippen molar-refractivity contribution in [3.63, 3.8) is 0 Å². The second kappa shape index (κ2) is 6.88. The minimum Gasteiger partial charge on any atom is -0.376 e. The molecule has 1 saturated heterocycles. The minimum atomic E-state index is 0.0586. The third-order valence-corrected chi connectivity index (χ3v) is 4.57. The van der Waals surface area contributed by atoms with E-state index in [1.807, 2.05) is 0 Å². The summed E-state index contributed by atoms with van der Waals surface area (Å²) < 4.78 is 12.6. The number of rotatable bonds is 4. The van der Waals surface area contributed by atoms with Crippen molar-refractivity contribution in [2.24, 2.45) is 0 Å². The highest BCUT2D eigenvalue weighted by Gasteiger charge is 2.27. The number of hydrogen-bond acceptors (Lipinski definition) is 3. The lowest BCUT2D eigenvalue weighted by atomic mass is 9.95. The van der Waals surface area contributed by atoms with E-state index in [2.05, 4.69) is 64.6 Å². The Kier molecular flexibility index (Phi) is 4.91.